The van der Waals surface area contributed by atoms with Crippen LogP contribution in [0.2, 0.25) is 0 Å². The molecule has 0 saturated heterocycles. The molecule has 21 heavy (non-hydrogen) atoms. The summed E-state index contributed by atoms with van der Waals surface area (Å²) >= 11 is 0. The van der Waals surface area contributed by atoms with Gasteiger partial charge in [0.1, 0.15) is 11.5 Å². The molecule has 6 nitrogen and oxygen atoms in total. The molecule has 114 valence electrons. The highest BCUT2D eigenvalue weighted by molar-refractivity contribution is 5.98. The molecule has 1 aromatic carbocycles. The first-order chi connectivity index (χ1) is 10.0. The van der Waals surface area contributed by atoms with Crippen LogP contribution in [0.5, 0.6) is 11.5 Å². The van der Waals surface area contributed by atoms with Crippen molar-refractivity contribution in [2.75, 3.05) is 20.8 Å². The van der Waals surface area contributed by atoms with Crippen LogP contribution in [0.25, 0.3) is 6.08 Å². The van der Waals surface area contributed by atoms with Crippen molar-refractivity contribution >= 4 is 18.0 Å². The molecule has 1 N–H and O–H groups in total. The third-order valence-electron chi connectivity index (χ3n) is 2.65. The van der Waals surface area contributed by atoms with Crippen molar-refractivity contribution in [1.82, 2.24) is 0 Å². The number of esters is 1. The second kappa shape index (κ2) is 7.94. The molecule has 0 bridgehead atoms. The first kappa shape index (κ1) is 16.6. The maximum absolute atomic E-state index is 11.8. The fraction of sp³-hybridized carbons (Fsp3) is 0.333. The number of aliphatic carboxylic acids is 1. The molecule has 0 amide bonds. The lowest BCUT2D eigenvalue weighted by Gasteiger charge is -2.09. The number of benzene rings is 1. The number of methoxy groups -OCH3 is 2. The Bertz CT molecular complexity index is 547. The van der Waals surface area contributed by atoms with E-state index < -0.39 is 18.4 Å². The van der Waals surface area contributed by atoms with Gasteiger partial charge in [0.15, 0.2) is 0 Å². The van der Waals surface area contributed by atoms with Crippen LogP contribution in [-0.4, -0.2) is 37.9 Å². The minimum Gasteiger partial charge on any atom is -0.497 e. The van der Waals surface area contributed by atoms with Crippen molar-refractivity contribution in [3.8, 4) is 11.5 Å². The van der Waals surface area contributed by atoms with Gasteiger partial charge >= 0.3 is 11.9 Å². The van der Waals surface area contributed by atoms with E-state index in [2.05, 4.69) is 0 Å². The van der Waals surface area contributed by atoms with Crippen molar-refractivity contribution < 1.29 is 28.9 Å². The summed E-state index contributed by atoms with van der Waals surface area (Å²) in [4.78, 5) is 22.7. The number of carboxylic acid groups (broad SMARTS) is 1. The summed E-state index contributed by atoms with van der Waals surface area (Å²) in [6.07, 6.45) is 1.01. The van der Waals surface area contributed by atoms with Crippen LogP contribution in [0.3, 0.4) is 0 Å². The average molecular weight is 294 g/mol. The van der Waals surface area contributed by atoms with Gasteiger partial charge in [-0.15, -0.1) is 0 Å². The highest BCUT2D eigenvalue weighted by atomic mass is 16.5. The molecule has 0 spiro atoms. The van der Waals surface area contributed by atoms with Gasteiger partial charge in [0.2, 0.25) is 0 Å². The molecule has 0 unspecified atom stereocenters. The topological polar surface area (TPSA) is 82.1 Å². The van der Waals surface area contributed by atoms with Gasteiger partial charge in [-0.3, -0.25) is 4.79 Å². The normalized spacial score (nSPS) is 10.9. The monoisotopic (exact) mass is 294 g/mol. The number of carboxylic acids is 1. The molecule has 0 aromatic heterocycles. The van der Waals surface area contributed by atoms with E-state index in [4.69, 9.17) is 19.3 Å². The molecule has 0 heterocycles. The molecule has 0 radical (unpaired) electrons. The summed E-state index contributed by atoms with van der Waals surface area (Å²) in [5.74, 6) is -0.704. The van der Waals surface area contributed by atoms with E-state index in [1.54, 1.807) is 25.1 Å². The van der Waals surface area contributed by atoms with Gasteiger partial charge in [0.25, 0.3) is 0 Å². The van der Waals surface area contributed by atoms with Gasteiger partial charge in [-0.25, -0.2) is 4.79 Å². The maximum atomic E-state index is 11.8. The molecular weight excluding hydrogens is 276 g/mol. The number of carbonyl (C=O) groups excluding carboxylic acids is 1. The average Bonchev–Trinajstić information content (AvgIpc) is 2.46. The Labute approximate surface area is 122 Å². The molecule has 6 heteroatoms. The minimum atomic E-state index is -1.11. The summed E-state index contributed by atoms with van der Waals surface area (Å²) in [6.45, 7) is 1.83. The summed E-state index contributed by atoms with van der Waals surface area (Å²) < 4.78 is 15.2. The number of hydrogen-bond donors (Lipinski definition) is 1. The van der Waals surface area contributed by atoms with Crippen LogP contribution in [0.15, 0.2) is 23.8 Å². The van der Waals surface area contributed by atoms with E-state index in [9.17, 15) is 9.59 Å². The van der Waals surface area contributed by atoms with Crippen molar-refractivity contribution in [3.63, 3.8) is 0 Å². The fourth-order valence-electron chi connectivity index (χ4n) is 1.71. The number of rotatable bonds is 7. The molecular formula is C15H18O6. The smallest absolute Gasteiger partial charge is 0.334 e. The van der Waals surface area contributed by atoms with Crippen molar-refractivity contribution in [2.45, 2.75) is 13.3 Å². The van der Waals surface area contributed by atoms with Crippen LogP contribution in [0.1, 0.15) is 18.9 Å². The van der Waals surface area contributed by atoms with E-state index in [-0.39, 0.29) is 12.2 Å². The van der Waals surface area contributed by atoms with Crippen LogP contribution in [0.4, 0.5) is 0 Å². The summed E-state index contributed by atoms with van der Waals surface area (Å²) in [5.41, 5.74) is 0.581. The first-order valence-electron chi connectivity index (χ1n) is 6.33. The molecule has 1 aromatic rings. The van der Waals surface area contributed by atoms with Crippen LogP contribution in [-0.2, 0) is 14.3 Å². The SMILES string of the molecule is CCOC(=O)/C(=C\c1cc(OC)ccc1OC)CC(=O)O. The first-order valence-corrected chi connectivity index (χ1v) is 6.33. The third kappa shape index (κ3) is 4.83. The van der Waals surface area contributed by atoms with Gasteiger partial charge in [-0.1, -0.05) is 0 Å². The third-order valence-corrected chi connectivity index (χ3v) is 2.65. The lowest BCUT2D eigenvalue weighted by atomic mass is 10.1. The maximum Gasteiger partial charge on any atom is 0.334 e. The van der Waals surface area contributed by atoms with Gasteiger partial charge in [0.05, 0.1) is 27.2 Å². The lowest BCUT2D eigenvalue weighted by molar-refractivity contribution is -0.142. The second-order valence-electron chi connectivity index (χ2n) is 4.07. The van der Waals surface area contributed by atoms with E-state index >= 15 is 0 Å². The van der Waals surface area contributed by atoms with E-state index in [0.29, 0.717) is 17.1 Å². The molecule has 0 saturated carbocycles. The fourth-order valence-corrected chi connectivity index (χ4v) is 1.71. The van der Waals surface area contributed by atoms with Crippen molar-refractivity contribution in [1.29, 1.82) is 0 Å². The highest BCUT2D eigenvalue weighted by Crippen LogP contribution is 2.27. The van der Waals surface area contributed by atoms with Crippen molar-refractivity contribution in [3.05, 3.63) is 29.3 Å². The number of carbonyl (C=O) groups is 2. The quantitative estimate of drug-likeness (QED) is 0.612. The van der Waals surface area contributed by atoms with Crippen LogP contribution < -0.4 is 9.47 Å². The number of ether oxygens (including phenoxy) is 3. The standard InChI is InChI=1S/C15H18O6/c1-4-21-15(18)11(9-14(16)17)7-10-8-12(19-2)5-6-13(10)20-3/h5-8H,4,9H2,1-3H3,(H,16,17)/b11-7-. The minimum absolute atomic E-state index is 0.0379. The highest BCUT2D eigenvalue weighted by Gasteiger charge is 2.16. The van der Waals surface area contributed by atoms with Crippen LogP contribution in [0, 0.1) is 0 Å². The largest absolute Gasteiger partial charge is 0.497 e. The van der Waals surface area contributed by atoms with Gasteiger partial charge in [-0.05, 0) is 31.2 Å². The van der Waals surface area contributed by atoms with Gasteiger partial charge in [-0.2, -0.15) is 0 Å². The van der Waals surface area contributed by atoms with E-state index in [1.807, 2.05) is 0 Å². The Morgan fingerprint density at radius 2 is 1.95 bits per heavy atom. The molecule has 0 aliphatic rings. The Balaban J connectivity index is 3.24. The molecule has 0 atom stereocenters. The predicted molar refractivity (Wildman–Crippen MR) is 76.4 cm³/mol. The van der Waals surface area contributed by atoms with Crippen molar-refractivity contribution in [2.24, 2.45) is 0 Å². The van der Waals surface area contributed by atoms with Crippen LogP contribution >= 0.6 is 0 Å². The number of hydrogen-bond acceptors (Lipinski definition) is 5. The molecule has 0 fully saturated rings. The predicted octanol–water partition coefficient (Wildman–Crippen LogP) is 2.12. The zero-order chi connectivity index (χ0) is 15.8. The van der Waals surface area contributed by atoms with E-state index in [0.717, 1.165) is 0 Å². The summed E-state index contributed by atoms with van der Waals surface area (Å²) in [5, 5.41) is 8.90. The lowest BCUT2D eigenvalue weighted by Crippen LogP contribution is -2.11. The zero-order valence-corrected chi connectivity index (χ0v) is 12.2. The Morgan fingerprint density at radius 3 is 2.48 bits per heavy atom. The molecule has 0 aliphatic heterocycles. The van der Waals surface area contributed by atoms with Gasteiger partial charge in [0, 0.05) is 11.1 Å². The second-order valence-corrected chi connectivity index (χ2v) is 4.07. The Morgan fingerprint density at radius 1 is 1.24 bits per heavy atom. The summed E-state index contributed by atoms with van der Waals surface area (Å²) in [6, 6.07) is 5.03. The zero-order valence-electron chi connectivity index (χ0n) is 12.2. The summed E-state index contributed by atoms with van der Waals surface area (Å²) in [7, 11) is 3.00. The van der Waals surface area contributed by atoms with E-state index in [1.165, 1.54) is 20.3 Å². The Kier molecular flexibility index (Phi) is 6.26. The molecule has 0 aliphatic carbocycles. The Hall–Kier alpha value is -2.50. The van der Waals surface area contributed by atoms with Gasteiger partial charge < -0.3 is 19.3 Å². The molecule has 1 rings (SSSR count).